The number of amides is 1. The summed E-state index contributed by atoms with van der Waals surface area (Å²) < 4.78 is 27.3. The Kier molecular flexibility index (Phi) is 6.75. The fourth-order valence-corrected chi connectivity index (χ4v) is 6.16. The summed E-state index contributed by atoms with van der Waals surface area (Å²) in [7, 11) is -3.54. The van der Waals surface area contributed by atoms with Gasteiger partial charge in [-0.25, -0.2) is 8.42 Å². The van der Waals surface area contributed by atoms with E-state index in [-0.39, 0.29) is 10.8 Å². The number of rotatable bonds is 7. The van der Waals surface area contributed by atoms with E-state index in [1.165, 1.54) is 16.1 Å². The van der Waals surface area contributed by atoms with Crippen LogP contribution >= 0.6 is 11.8 Å². The minimum Gasteiger partial charge on any atom is -0.325 e. The van der Waals surface area contributed by atoms with Gasteiger partial charge in [0.2, 0.25) is 15.9 Å². The number of hydrogen-bond acceptors (Lipinski definition) is 4. The van der Waals surface area contributed by atoms with Gasteiger partial charge in [-0.15, -0.1) is 11.8 Å². The van der Waals surface area contributed by atoms with Crippen LogP contribution in [-0.2, 0) is 14.8 Å². The van der Waals surface area contributed by atoms with E-state index in [4.69, 9.17) is 0 Å². The molecule has 1 fully saturated rings. The largest absolute Gasteiger partial charge is 0.325 e. The first kappa shape index (κ1) is 21.6. The fraction of sp³-hybridized carbons (Fsp3) is 0.208. The molecule has 160 valence electrons. The zero-order valence-electron chi connectivity index (χ0n) is 17.0. The number of hydrogen-bond donors (Lipinski definition) is 1. The van der Waals surface area contributed by atoms with Crippen molar-refractivity contribution in [1.29, 1.82) is 0 Å². The van der Waals surface area contributed by atoms with Gasteiger partial charge in [-0.05, 0) is 48.7 Å². The molecular weight excluding hydrogens is 428 g/mol. The zero-order valence-corrected chi connectivity index (χ0v) is 18.6. The Bertz CT molecular complexity index is 1130. The van der Waals surface area contributed by atoms with E-state index in [9.17, 15) is 13.2 Å². The van der Waals surface area contributed by atoms with Gasteiger partial charge in [0, 0.05) is 23.7 Å². The van der Waals surface area contributed by atoms with Crippen LogP contribution in [0.2, 0.25) is 0 Å². The lowest BCUT2D eigenvalue weighted by Crippen LogP contribution is -2.28. The van der Waals surface area contributed by atoms with Crippen LogP contribution in [0, 0.1) is 0 Å². The maximum atomic E-state index is 13.2. The first-order chi connectivity index (χ1) is 15.0. The van der Waals surface area contributed by atoms with E-state index < -0.39 is 15.3 Å². The van der Waals surface area contributed by atoms with Gasteiger partial charge in [0.05, 0.1) is 4.90 Å². The molecule has 1 N–H and O–H groups in total. The second kappa shape index (κ2) is 9.68. The molecule has 7 heteroatoms. The fourth-order valence-electron chi connectivity index (χ4n) is 3.56. The van der Waals surface area contributed by atoms with Crippen LogP contribution in [0.1, 0.15) is 23.7 Å². The van der Waals surface area contributed by atoms with Crippen molar-refractivity contribution in [2.45, 2.75) is 27.9 Å². The van der Waals surface area contributed by atoms with Gasteiger partial charge in [0.15, 0.2) is 0 Å². The molecule has 1 aliphatic rings. The number of nitrogens with one attached hydrogen (secondary N) is 1. The molecule has 1 heterocycles. The number of sulfonamides is 1. The Labute approximate surface area is 187 Å². The molecule has 4 rings (SSSR count). The van der Waals surface area contributed by atoms with Crippen molar-refractivity contribution in [2.24, 2.45) is 0 Å². The van der Waals surface area contributed by atoms with Crippen LogP contribution in [-0.4, -0.2) is 31.7 Å². The van der Waals surface area contributed by atoms with Gasteiger partial charge in [-0.2, -0.15) is 4.31 Å². The summed E-state index contributed by atoms with van der Waals surface area (Å²) in [4.78, 5) is 14.4. The van der Waals surface area contributed by atoms with Crippen LogP contribution in [0.4, 0.5) is 5.69 Å². The molecule has 3 aromatic carbocycles. The van der Waals surface area contributed by atoms with Crippen LogP contribution < -0.4 is 5.32 Å². The summed E-state index contributed by atoms with van der Waals surface area (Å²) in [6.45, 7) is 1.09. The van der Waals surface area contributed by atoms with Gasteiger partial charge in [0.25, 0.3) is 0 Å². The molecule has 0 saturated carbocycles. The maximum absolute atomic E-state index is 13.2. The molecule has 1 atom stereocenters. The smallest absolute Gasteiger partial charge is 0.243 e. The molecule has 31 heavy (non-hydrogen) atoms. The SMILES string of the molecule is O=C(Nc1cccc(S(=O)(=O)N2CCCC2)c1)C(Sc1ccccc1)c1ccccc1. The molecule has 1 saturated heterocycles. The molecule has 0 spiro atoms. The van der Waals surface area contributed by atoms with E-state index >= 15 is 0 Å². The molecule has 0 aromatic heterocycles. The van der Waals surface area contributed by atoms with Gasteiger partial charge in [0.1, 0.15) is 5.25 Å². The summed E-state index contributed by atoms with van der Waals surface area (Å²) in [6.07, 6.45) is 1.76. The Balaban J connectivity index is 1.57. The Morgan fingerprint density at radius 2 is 1.52 bits per heavy atom. The molecule has 0 radical (unpaired) electrons. The molecule has 0 bridgehead atoms. The van der Waals surface area contributed by atoms with Gasteiger partial charge < -0.3 is 5.32 Å². The number of carbonyl (C=O) groups excluding carboxylic acids is 1. The average Bonchev–Trinajstić information content (AvgIpc) is 3.35. The minimum absolute atomic E-state index is 0.198. The van der Waals surface area contributed by atoms with Crippen LogP contribution in [0.3, 0.4) is 0 Å². The van der Waals surface area contributed by atoms with Crippen molar-refractivity contribution in [1.82, 2.24) is 4.31 Å². The number of nitrogens with zero attached hydrogens (tertiary/aromatic N) is 1. The second-order valence-corrected chi connectivity index (χ2v) is 10.5. The molecule has 1 aliphatic heterocycles. The third-order valence-electron chi connectivity index (χ3n) is 5.14. The molecule has 1 amide bonds. The number of thioether (sulfide) groups is 1. The van der Waals surface area contributed by atoms with Crippen molar-refractivity contribution >= 4 is 33.4 Å². The van der Waals surface area contributed by atoms with E-state index in [0.29, 0.717) is 18.8 Å². The van der Waals surface area contributed by atoms with Crippen molar-refractivity contribution in [2.75, 3.05) is 18.4 Å². The first-order valence-electron chi connectivity index (χ1n) is 10.2. The monoisotopic (exact) mass is 452 g/mol. The van der Waals surface area contributed by atoms with Gasteiger partial charge >= 0.3 is 0 Å². The summed E-state index contributed by atoms with van der Waals surface area (Å²) in [5.41, 5.74) is 1.36. The highest BCUT2D eigenvalue weighted by molar-refractivity contribution is 8.00. The Morgan fingerprint density at radius 1 is 0.871 bits per heavy atom. The normalized spacial score (nSPS) is 15.5. The first-order valence-corrected chi connectivity index (χ1v) is 12.5. The van der Waals surface area contributed by atoms with Crippen LogP contribution in [0.25, 0.3) is 0 Å². The predicted octanol–water partition coefficient (Wildman–Crippen LogP) is 4.94. The Hall–Kier alpha value is -2.61. The highest BCUT2D eigenvalue weighted by Crippen LogP contribution is 2.36. The number of benzene rings is 3. The van der Waals surface area contributed by atoms with Crippen molar-refractivity contribution < 1.29 is 13.2 Å². The highest BCUT2D eigenvalue weighted by atomic mass is 32.2. The van der Waals surface area contributed by atoms with Crippen LogP contribution in [0.15, 0.2) is 94.7 Å². The van der Waals surface area contributed by atoms with Crippen molar-refractivity contribution in [3.05, 3.63) is 90.5 Å². The standard InChI is InChI=1S/C24H24N2O3S2/c27-24(23(19-10-3-1-4-11-19)30-21-13-5-2-6-14-21)25-20-12-9-15-22(18-20)31(28,29)26-16-7-8-17-26/h1-6,9-15,18,23H,7-8,16-17H2,(H,25,27). The summed E-state index contributed by atoms with van der Waals surface area (Å²) in [5, 5.41) is 2.45. The number of carbonyl (C=O) groups is 1. The molecule has 1 unspecified atom stereocenters. The molecule has 0 aliphatic carbocycles. The summed E-state index contributed by atoms with van der Waals surface area (Å²) in [6, 6.07) is 25.8. The zero-order chi connectivity index (χ0) is 21.7. The molecule has 3 aromatic rings. The summed E-state index contributed by atoms with van der Waals surface area (Å²) in [5.74, 6) is -0.198. The van der Waals surface area contributed by atoms with Crippen LogP contribution in [0.5, 0.6) is 0 Å². The highest BCUT2D eigenvalue weighted by Gasteiger charge is 2.28. The van der Waals surface area contributed by atoms with E-state index in [2.05, 4.69) is 5.32 Å². The predicted molar refractivity (Wildman–Crippen MR) is 125 cm³/mol. The van der Waals surface area contributed by atoms with Crippen molar-refractivity contribution in [3.8, 4) is 0 Å². The van der Waals surface area contributed by atoms with Crippen molar-refractivity contribution in [3.63, 3.8) is 0 Å². The maximum Gasteiger partial charge on any atom is 0.243 e. The van der Waals surface area contributed by atoms with E-state index in [1.807, 2.05) is 60.7 Å². The van der Waals surface area contributed by atoms with Gasteiger partial charge in [-0.1, -0.05) is 54.6 Å². The lowest BCUT2D eigenvalue weighted by atomic mass is 10.1. The minimum atomic E-state index is -3.54. The second-order valence-electron chi connectivity index (χ2n) is 7.35. The average molecular weight is 453 g/mol. The third-order valence-corrected chi connectivity index (χ3v) is 8.30. The topological polar surface area (TPSA) is 66.5 Å². The lowest BCUT2D eigenvalue weighted by Gasteiger charge is -2.18. The Morgan fingerprint density at radius 3 is 2.19 bits per heavy atom. The van der Waals surface area contributed by atoms with E-state index in [0.717, 1.165) is 23.3 Å². The summed E-state index contributed by atoms with van der Waals surface area (Å²) >= 11 is 1.46. The molecule has 5 nitrogen and oxygen atoms in total. The third kappa shape index (κ3) is 5.18. The quantitative estimate of drug-likeness (QED) is 0.516. The molecular formula is C24H24N2O3S2. The van der Waals surface area contributed by atoms with Gasteiger partial charge in [-0.3, -0.25) is 4.79 Å². The number of anilines is 1. The lowest BCUT2D eigenvalue weighted by molar-refractivity contribution is -0.115. The van der Waals surface area contributed by atoms with E-state index in [1.54, 1.807) is 24.3 Å².